The van der Waals surface area contributed by atoms with Crippen LogP contribution in [0.5, 0.6) is 0 Å². The molecular formula is C16H19FN4O. The summed E-state index contributed by atoms with van der Waals surface area (Å²) in [6.07, 6.45) is 0.902. The first-order valence-electron chi connectivity index (χ1n) is 7.39. The van der Waals surface area contributed by atoms with E-state index in [0.717, 1.165) is 30.9 Å². The molecule has 1 aliphatic rings. The second-order valence-corrected chi connectivity index (χ2v) is 5.78. The maximum absolute atomic E-state index is 13.9. The first-order chi connectivity index (χ1) is 10.5. The van der Waals surface area contributed by atoms with E-state index < -0.39 is 5.82 Å². The Balaban J connectivity index is 2.08. The van der Waals surface area contributed by atoms with Gasteiger partial charge in [-0.15, -0.1) is 0 Å². The predicted molar refractivity (Wildman–Crippen MR) is 82.3 cm³/mol. The van der Waals surface area contributed by atoms with E-state index in [1.165, 1.54) is 12.1 Å². The number of hydrogen-bond donors (Lipinski definition) is 1. The molecule has 1 aromatic carbocycles. The molecule has 1 N–H and O–H groups in total. The molecule has 1 unspecified atom stereocenters. The molecule has 0 aliphatic carbocycles. The number of carbonyl (C=O) groups is 1. The van der Waals surface area contributed by atoms with E-state index >= 15 is 0 Å². The molecule has 0 spiro atoms. The molecule has 2 heterocycles. The van der Waals surface area contributed by atoms with E-state index in [9.17, 15) is 9.18 Å². The van der Waals surface area contributed by atoms with E-state index in [1.54, 1.807) is 11.9 Å². The Labute approximate surface area is 128 Å². The number of aryl methyl sites for hydroxylation is 2. The zero-order chi connectivity index (χ0) is 15.9. The summed E-state index contributed by atoms with van der Waals surface area (Å²) in [6.45, 7) is 5.32. The van der Waals surface area contributed by atoms with Gasteiger partial charge in [-0.05, 0) is 32.9 Å². The number of benzene rings is 1. The summed E-state index contributed by atoms with van der Waals surface area (Å²) >= 11 is 0. The number of carbonyl (C=O) groups excluding carboxylic acids is 1. The number of hydrogen-bond acceptors (Lipinski definition) is 4. The van der Waals surface area contributed by atoms with Crippen LogP contribution in [0, 0.1) is 19.7 Å². The lowest BCUT2D eigenvalue weighted by molar-refractivity contribution is 0.0745. The monoisotopic (exact) mass is 302 g/mol. The maximum Gasteiger partial charge on any atom is 0.256 e. The van der Waals surface area contributed by atoms with Gasteiger partial charge in [-0.1, -0.05) is 0 Å². The molecule has 1 aliphatic heterocycles. The molecule has 1 atom stereocenters. The van der Waals surface area contributed by atoms with Gasteiger partial charge in [0.25, 0.3) is 5.91 Å². The molecule has 3 rings (SSSR count). The summed E-state index contributed by atoms with van der Waals surface area (Å²) in [5, 5.41) is 3.23. The smallest absolute Gasteiger partial charge is 0.256 e. The van der Waals surface area contributed by atoms with Crippen LogP contribution in [0.4, 0.5) is 4.39 Å². The molecule has 6 heteroatoms. The normalized spacial score (nSPS) is 17.9. The number of nitrogens with zero attached hydrogens (tertiary/aromatic N) is 3. The lowest BCUT2D eigenvalue weighted by atomic mass is 10.1. The first-order valence-corrected chi connectivity index (χ1v) is 7.39. The van der Waals surface area contributed by atoms with Crippen LogP contribution in [0.2, 0.25) is 0 Å². The Morgan fingerprint density at radius 3 is 2.73 bits per heavy atom. The third-order valence-corrected chi connectivity index (χ3v) is 4.28. The van der Waals surface area contributed by atoms with Gasteiger partial charge in [0, 0.05) is 25.7 Å². The molecule has 2 aromatic rings. The van der Waals surface area contributed by atoms with Crippen molar-refractivity contribution in [1.82, 2.24) is 20.2 Å². The number of aromatic nitrogens is 2. The average Bonchev–Trinajstić information content (AvgIpc) is 3.01. The lowest BCUT2D eigenvalue weighted by Gasteiger charge is -2.24. The minimum Gasteiger partial charge on any atom is -0.337 e. The highest BCUT2D eigenvalue weighted by molar-refractivity contribution is 6.04. The topological polar surface area (TPSA) is 58.1 Å². The van der Waals surface area contributed by atoms with Crippen molar-refractivity contribution in [1.29, 1.82) is 0 Å². The highest BCUT2D eigenvalue weighted by Crippen LogP contribution is 2.21. The van der Waals surface area contributed by atoms with Gasteiger partial charge >= 0.3 is 0 Å². The van der Waals surface area contributed by atoms with E-state index in [4.69, 9.17) is 0 Å². The summed E-state index contributed by atoms with van der Waals surface area (Å²) in [4.78, 5) is 23.2. The predicted octanol–water partition coefficient (Wildman–Crippen LogP) is 1.82. The standard InChI is InChI=1S/C16H19FN4O/c1-9-10(2)20-15-13(6-11(17)7-14(15)19-9)16(22)21(3)12-4-5-18-8-12/h6-7,12,18H,4-5,8H2,1-3H3. The number of fused-ring (bicyclic) bond motifs is 1. The Kier molecular flexibility index (Phi) is 3.78. The lowest BCUT2D eigenvalue weighted by Crippen LogP contribution is -2.38. The average molecular weight is 302 g/mol. The quantitative estimate of drug-likeness (QED) is 0.919. The van der Waals surface area contributed by atoms with Crippen molar-refractivity contribution in [3.63, 3.8) is 0 Å². The fourth-order valence-corrected chi connectivity index (χ4v) is 2.79. The Bertz CT molecular complexity index is 740. The van der Waals surface area contributed by atoms with Gasteiger partial charge in [0.05, 0.1) is 22.5 Å². The van der Waals surface area contributed by atoms with E-state index in [2.05, 4.69) is 15.3 Å². The third-order valence-electron chi connectivity index (χ3n) is 4.28. The van der Waals surface area contributed by atoms with Crippen molar-refractivity contribution in [2.45, 2.75) is 26.3 Å². The van der Waals surface area contributed by atoms with Gasteiger partial charge < -0.3 is 10.2 Å². The van der Waals surface area contributed by atoms with E-state index in [0.29, 0.717) is 11.0 Å². The minimum atomic E-state index is -0.466. The number of nitrogens with one attached hydrogen (secondary N) is 1. The fraction of sp³-hybridized carbons (Fsp3) is 0.438. The van der Waals surface area contributed by atoms with Crippen molar-refractivity contribution < 1.29 is 9.18 Å². The SMILES string of the molecule is Cc1nc2cc(F)cc(C(=O)N(C)C3CCNC3)c2nc1C. The zero-order valence-electron chi connectivity index (χ0n) is 13.0. The summed E-state index contributed by atoms with van der Waals surface area (Å²) < 4.78 is 13.9. The van der Waals surface area contributed by atoms with Crippen LogP contribution in [0.3, 0.4) is 0 Å². The molecule has 0 saturated carbocycles. The highest BCUT2D eigenvalue weighted by Gasteiger charge is 2.26. The minimum absolute atomic E-state index is 0.130. The fourth-order valence-electron chi connectivity index (χ4n) is 2.79. The number of halogens is 1. The molecule has 0 bridgehead atoms. The first kappa shape index (κ1) is 14.8. The van der Waals surface area contributed by atoms with Gasteiger partial charge in [0.15, 0.2) is 0 Å². The molecule has 1 fully saturated rings. The molecule has 1 amide bonds. The third kappa shape index (κ3) is 2.54. The number of rotatable bonds is 2. The zero-order valence-corrected chi connectivity index (χ0v) is 13.0. The van der Waals surface area contributed by atoms with Crippen molar-refractivity contribution in [2.24, 2.45) is 0 Å². The summed E-state index contributed by atoms with van der Waals surface area (Å²) in [5.74, 6) is -0.679. The van der Waals surface area contributed by atoms with Crippen molar-refractivity contribution >= 4 is 16.9 Å². The van der Waals surface area contributed by atoms with E-state index in [1.807, 2.05) is 13.8 Å². The van der Waals surface area contributed by atoms with Crippen LogP contribution in [0.25, 0.3) is 11.0 Å². The molecule has 1 saturated heterocycles. The molecule has 116 valence electrons. The maximum atomic E-state index is 13.9. The van der Waals surface area contributed by atoms with Crippen molar-refractivity contribution in [3.8, 4) is 0 Å². The van der Waals surface area contributed by atoms with Crippen LogP contribution in [-0.4, -0.2) is 47.0 Å². The molecular weight excluding hydrogens is 283 g/mol. The summed E-state index contributed by atoms with van der Waals surface area (Å²) in [6, 6.07) is 2.71. The summed E-state index contributed by atoms with van der Waals surface area (Å²) in [5.41, 5.74) is 2.65. The van der Waals surface area contributed by atoms with Crippen molar-refractivity contribution in [3.05, 3.63) is 34.9 Å². The summed E-state index contributed by atoms with van der Waals surface area (Å²) in [7, 11) is 1.76. The molecule has 0 radical (unpaired) electrons. The van der Waals surface area contributed by atoms with Gasteiger partial charge in [-0.25, -0.2) is 14.4 Å². The van der Waals surface area contributed by atoms with Gasteiger partial charge in [0.1, 0.15) is 11.3 Å². The second-order valence-electron chi connectivity index (χ2n) is 5.78. The number of amides is 1. The second kappa shape index (κ2) is 5.61. The van der Waals surface area contributed by atoms with Crippen molar-refractivity contribution in [2.75, 3.05) is 20.1 Å². The number of likely N-dealkylation sites (N-methyl/N-ethyl adjacent to an activating group) is 1. The van der Waals surface area contributed by atoms with Crippen LogP contribution in [0.1, 0.15) is 28.2 Å². The highest BCUT2D eigenvalue weighted by atomic mass is 19.1. The Hall–Kier alpha value is -2.08. The molecule has 5 nitrogen and oxygen atoms in total. The van der Waals surface area contributed by atoms with Gasteiger partial charge in [0.2, 0.25) is 0 Å². The van der Waals surface area contributed by atoms with Crippen LogP contribution in [0.15, 0.2) is 12.1 Å². The van der Waals surface area contributed by atoms with Gasteiger partial charge in [-0.2, -0.15) is 0 Å². The van der Waals surface area contributed by atoms with Crippen LogP contribution >= 0.6 is 0 Å². The van der Waals surface area contributed by atoms with Crippen LogP contribution in [-0.2, 0) is 0 Å². The van der Waals surface area contributed by atoms with Gasteiger partial charge in [-0.3, -0.25) is 4.79 Å². The Morgan fingerprint density at radius 2 is 2.05 bits per heavy atom. The Morgan fingerprint density at radius 1 is 1.32 bits per heavy atom. The van der Waals surface area contributed by atoms with Crippen LogP contribution < -0.4 is 5.32 Å². The van der Waals surface area contributed by atoms with E-state index in [-0.39, 0.29) is 17.5 Å². The largest absolute Gasteiger partial charge is 0.337 e. The molecule has 1 aromatic heterocycles. The molecule has 22 heavy (non-hydrogen) atoms.